The van der Waals surface area contributed by atoms with Crippen LogP contribution in [0.4, 0.5) is 24.7 Å². The molecule has 0 unspecified atom stereocenters. The largest absolute Gasteiger partial charge is 0.437 e. The van der Waals surface area contributed by atoms with E-state index in [9.17, 15) is 13.2 Å². The second kappa shape index (κ2) is 3.24. The maximum absolute atomic E-state index is 12.5. The summed E-state index contributed by atoms with van der Waals surface area (Å²) in [6.07, 6.45) is -4.75. The van der Waals surface area contributed by atoms with Gasteiger partial charge in [-0.25, -0.2) is 0 Å². The van der Waals surface area contributed by atoms with Gasteiger partial charge >= 0.3 is 6.18 Å². The lowest BCUT2D eigenvalue weighted by Crippen LogP contribution is -2.08. The van der Waals surface area contributed by atoms with Crippen LogP contribution in [0, 0.1) is 11.3 Å². The monoisotopic (exact) mass is 243 g/mol. The molecule has 0 saturated heterocycles. The number of alkyl halides is 3. The molecule has 4 N–H and O–H groups in total. The fourth-order valence-corrected chi connectivity index (χ4v) is 1.34. The number of hydrogen-bond acceptors (Lipinski definition) is 6. The molecule has 0 aliphatic rings. The molecule has 0 radical (unpaired) electrons. The Balaban J connectivity index is 2.91. The molecule has 0 spiro atoms. The Labute approximate surface area is 91.6 Å². The van der Waals surface area contributed by atoms with Crippen LogP contribution in [0.25, 0.3) is 11.1 Å². The van der Waals surface area contributed by atoms with E-state index < -0.39 is 28.7 Å². The first-order valence-electron chi connectivity index (χ1n) is 4.18. The van der Waals surface area contributed by atoms with Crippen LogP contribution in [0.1, 0.15) is 11.3 Å². The predicted molar refractivity (Wildman–Crippen MR) is 50.3 cm³/mol. The third-order valence-corrected chi connectivity index (χ3v) is 2.07. The number of nitrogens with zero attached hydrogens (tertiary/aromatic N) is 3. The van der Waals surface area contributed by atoms with Crippen molar-refractivity contribution in [3.05, 3.63) is 11.3 Å². The number of pyridine rings is 1. The zero-order valence-corrected chi connectivity index (χ0v) is 8.04. The fraction of sp³-hybridized carbons (Fsp3) is 0.125. The molecule has 6 nitrogen and oxygen atoms in total. The van der Waals surface area contributed by atoms with Crippen LogP contribution in [0.3, 0.4) is 0 Å². The highest BCUT2D eigenvalue weighted by molar-refractivity contribution is 5.94. The maximum Gasteiger partial charge on any atom is 0.437 e. The van der Waals surface area contributed by atoms with Gasteiger partial charge in [-0.3, -0.25) is 0 Å². The average molecular weight is 243 g/mol. The highest BCUT2D eigenvalue weighted by Gasteiger charge is 2.39. The molecule has 0 bridgehead atoms. The Morgan fingerprint density at radius 3 is 2.47 bits per heavy atom. The quantitative estimate of drug-likeness (QED) is 0.720. The summed E-state index contributed by atoms with van der Waals surface area (Å²) in [6.45, 7) is 0. The van der Waals surface area contributed by atoms with Gasteiger partial charge < -0.3 is 16.0 Å². The molecular formula is C8H4F3N5O. The van der Waals surface area contributed by atoms with Crippen molar-refractivity contribution in [1.29, 1.82) is 5.26 Å². The van der Waals surface area contributed by atoms with E-state index in [-0.39, 0.29) is 11.4 Å². The number of nitrogens with two attached hydrogens (primary N) is 2. The van der Waals surface area contributed by atoms with E-state index in [0.29, 0.717) is 0 Å². The first-order valence-corrected chi connectivity index (χ1v) is 4.18. The number of nitriles is 1. The molecule has 2 aromatic heterocycles. The van der Waals surface area contributed by atoms with E-state index >= 15 is 0 Å². The Bertz CT molecular complexity index is 639. The number of halogens is 3. The minimum absolute atomic E-state index is 0.303. The second-order valence-corrected chi connectivity index (χ2v) is 3.11. The Morgan fingerprint density at radius 1 is 1.29 bits per heavy atom. The first kappa shape index (κ1) is 11.0. The molecule has 0 aliphatic heterocycles. The van der Waals surface area contributed by atoms with E-state index in [1.807, 2.05) is 0 Å². The third-order valence-electron chi connectivity index (χ3n) is 2.07. The molecular weight excluding hydrogens is 239 g/mol. The van der Waals surface area contributed by atoms with E-state index in [0.717, 1.165) is 0 Å². The lowest BCUT2D eigenvalue weighted by Gasteiger charge is -2.04. The topological polar surface area (TPSA) is 115 Å². The molecule has 0 aromatic carbocycles. The summed E-state index contributed by atoms with van der Waals surface area (Å²) >= 11 is 0. The van der Waals surface area contributed by atoms with Crippen molar-refractivity contribution in [1.82, 2.24) is 10.1 Å². The zero-order chi connectivity index (χ0) is 12.8. The average Bonchev–Trinajstić information content (AvgIpc) is 2.61. The number of anilines is 2. The second-order valence-electron chi connectivity index (χ2n) is 3.11. The van der Waals surface area contributed by atoms with Crippen LogP contribution in [0.5, 0.6) is 0 Å². The van der Waals surface area contributed by atoms with Crippen LogP contribution >= 0.6 is 0 Å². The third kappa shape index (κ3) is 1.50. The summed E-state index contributed by atoms with van der Waals surface area (Å²) in [4.78, 5) is 3.49. The van der Waals surface area contributed by atoms with E-state index in [1.165, 1.54) is 0 Å². The van der Waals surface area contributed by atoms with Crippen molar-refractivity contribution in [2.45, 2.75) is 6.18 Å². The molecule has 0 atom stereocenters. The molecule has 2 heterocycles. The van der Waals surface area contributed by atoms with Crippen LogP contribution in [-0.2, 0) is 6.18 Å². The van der Waals surface area contributed by atoms with Crippen LogP contribution < -0.4 is 11.5 Å². The molecule has 2 rings (SSSR count). The summed E-state index contributed by atoms with van der Waals surface area (Å²) in [5.41, 5.74) is 8.22. The van der Waals surface area contributed by atoms with Crippen molar-refractivity contribution in [2.75, 3.05) is 11.5 Å². The van der Waals surface area contributed by atoms with Gasteiger partial charge in [-0.2, -0.15) is 23.4 Å². The lowest BCUT2D eigenvalue weighted by atomic mass is 10.1. The molecule has 0 aliphatic carbocycles. The van der Waals surface area contributed by atoms with E-state index in [2.05, 4.69) is 14.7 Å². The molecule has 0 saturated carbocycles. The van der Waals surface area contributed by atoms with E-state index in [1.54, 1.807) is 6.07 Å². The SMILES string of the molecule is N#Cc1c(N)nc2onc(C(F)(F)F)c2c1N. The predicted octanol–water partition coefficient (Wildman–Crippen LogP) is 1.28. The number of nitrogen functional groups attached to an aromatic ring is 2. The van der Waals surface area contributed by atoms with Crippen molar-refractivity contribution in [3.63, 3.8) is 0 Å². The van der Waals surface area contributed by atoms with Gasteiger partial charge in [0.1, 0.15) is 17.5 Å². The van der Waals surface area contributed by atoms with Crippen LogP contribution in [0.15, 0.2) is 4.52 Å². The van der Waals surface area contributed by atoms with Crippen molar-refractivity contribution in [3.8, 4) is 6.07 Å². The van der Waals surface area contributed by atoms with Gasteiger partial charge in [0.25, 0.3) is 5.71 Å². The summed E-state index contributed by atoms with van der Waals surface area (Å²) in [7, 11) is 0. The van der Waals surface area contributed by atoms with Crippen LogP contribution in [0.2, 0.25) is 0 Å². The van der Waals surface area contributed by atoms with Crippen molar-refractivity contribution < 1.29 is 17.7 Å². The Kier molecular flexibility index (Phi) is 2.10. The number of aromatic nitrogens is 2. The molecule has 88 valence electrons. The van der Waals surface area contributed by atoms with Gasteiger partial charge in [0.15, 0.2) is 5.69 Å². The van der Waals surface area contributed by atoms with Gasteiger partial charge in [0, 0.05) is 0 Å². The summed E-state index contributed by atoms with van der Waals surface area (Å²) in [6, 6.07) is 1.57. The zero-order valence-electron chi connectivity index (χ0n) is 8.04. The highest BCUT2D eigenvalue weighted by Crippen LogP contribution is 2.38. The lowest BCUT2D eigenvalue weighted by molar-refractivity contribution is -0.141. The first-order chi connectivity index (χ1) is 7.86. The molecule has 0 fully saturated rings. The summed E-state index contributed by atoms with van der Waals surface area (Å²) < 4.78 is 42.0. The Hall–Kier alpha value is -2.50. The standard InChI is InChI=1S/C8H4F3N5O/c9-8(10,11)5-3-4(13)2(1-12)6(14)15-7(3)17-16-5/h(H4,13,14,15). The normalized spacial score (nSPS) is 11.6. The fourth-order valence-electron chi connectivity index (χ4n) is 1.34. The molecule has 17 heavy (non-hydrogen) atoms. The van der Waals surface area contributed by atoms with Gasteiger partial charge in [0.2, 0.25) is 0 Å². The highest BCUT2D eigenvalue weighted by atomic mass is 19.4. The van der Waals surface area contributed by atoms with Crippen molar-refractivity contribution >= 4 is 22.6 Å². The minimum atomic E-state index is -4.75. The Morgan fingerprint density at radius 2 is 1.94 bits per heavy atom. The number of fused-ring (bicyclic) bond motifs is 1. The smallest absolute Gasteiger partial charge is 0.397 e. The van der Waals surface area contributed by atoms with Gasteiger partial charge in [-0.1, -0.05) is 5.16 Å². The summed E-state index contributed by atoms with van der Waals surface area (Å²) in [5, 5.41) is 11.0. The van der Waals surface area contributed by atoms with Gasteiger partial charge in [0.05, 0.1) is 11.1 Å². The van der Waals surface area contributed by atoms with Crippen molar-refractivity contribution in [2.24, 2.45) is 0 Å². The number of rotatable bonds is 0. The minimum Gasteiger partial charge on any atom is -0.397 e. The van der Waals surface area contributed by atoms with E-state index in [4.69, 9.17) is 16.7 Å². The summed E-state index contributed by atoms with van der Waals surface area (Å²) in [5.74, 6) is -0.303. The maximum atomic E-state index is 12.5. The van der Waals surface area contributed by atoms with Gasteiger partial charge in [-0.15, -0.1) is 0 Å². The number of hydrogen-bond donors (Lipinski definition) is 2. The molecule has 0 amide bonds. The van der Waals surface area contributed by atoms with Crippen LogP contribution in [-0.4, -0.2) is 10.1 Å². The van der Waals surface area contributed by atoms with Gasteiger partial charge in [-0.05, 0) is 0 Å². The molecule has 2 aromatic rings. The molecule has 9 heteroatoms.